The zero-order valence-electron chi connectivity index (χ0n) is 8.82. The SMILES string of the molecule is Cc1cc(Cl)c(F)c(CCC2(N)CC2)c1. The standard InChI is InChI=1S/C12H15ClFN/c1-8-6-9(11(14)10(13)7-8)2-3-12(15)4-5-12/h6-7H,2-5,15H2,1H3. The summed E-state index contributed by atoms with van der Waals surface area (Å²) in [6, 6.07) is 3.50. The second kappa shape index (κ2) is 3.76. The molecule has 1 saturated carbocycles. The van der Waals surface area contributed by atoms with Crippen molar-refractivity contribution in [3.63, 3.8) is 0 Å². The van der Waals surface area contributed by atoms with Crippen LogP contribution in [0.4, 0.5) is 4.39 Å². The summed E-state index contributed by atoms with van der Waals surface area (Å²) in [4.78, 5) is 0. The summed E-state index contributed by atoms with van der Waals surface area (Å²) >= 11 is 5.78. The van der Waals surface area contributed by atoms with Crippen LogP contribution in [0.25, 0.3) is 0 Å². The predicted octanol–water partition coefficient (Wildman–Crippen LogP) is 3.21. The van der Waals surface area contributed by atoms with Crippen molar-refractivity contribution >= 4 is 11.6 Å². The predicted molar refractivity (Wildman–Crippen MR) is 60.6 cm³/mol. The summed E-state index contributed by atoms with van der Waals surface area (Å²) < 4.78 is 13.6. The Kier molecular flexibility index (Phi) is 2.73. The Hall–Kier alpha value is -0.600. The second-order valence-corrected chi connectivity index (χ2v) is 4.99. The maximum atomic E-state index is 13.6. The zero-order chi connectivity index (χ0) is 11.1. The lowest BCUT2D eigenvalue weighted by molar-refractivity contribution is 0.571. The van der Waals surface area contributed by atoms with E-state index in [1.165, 1.54) is 0 Å². The van der Waals surface area contributed by atoms with E-state index in [1.54, 1.807) is 6.07 Å². The third-order valence-corrected chi connectivity index (χ3v) is 3.31. The Morgan fingerprint density at radius 1 is 1.47 bits per heavy atom. The fourth-order valence-electron chi connectivity index (χ4n) is 1.77. The van der Waals surface area contributed by atoms with Crippen molar-refractivity contribution in [2.45, 2.75) is 38.1 Å². The summed E-state index contributed by atoms with van der Waals surface area (Å²) in [7, 11) is 0. The Labute approximate surface area is 94.4 Å². The van der Waals surface area contributed by atoms with Crippen LogP contribution in [0.5, 0.6) is 0 Å². The highest BCUT2D eigenvalue weighted by Crippen LogP contribution is 2.37. The van der Waals surface area contributed by atoms with Crippen molar-refractivity contribution in [1.29, 1.82) is 0 Å². The minimum Gasteiger partial charge on any atom is -0.325 e. The molecule has 1 aromatic carbocycles. The summed E-state index contributed by atoms with van der Waals surface area (Å²) in [6.07, 6.45) is 3.66. The maximum absolute atomic E-state index is 13.6. The molecule has 0 bridgehead atoms. The van der Waals surface area contributed by atoms with Crippen LogP contribution >= 0.6 is 11.6 Å². The van der Waals surface area contributed by atoms with E-state index in [1.807, 2.05) is 13.0 Å². The van der Waals surface area contributed by atoms with Crippen LogP contribution in [0, 0.1) is 12.7 Å². The average molecular weight is 228 g/mol. The molecule has 0 unspecified atom stereocenters. The van der Waals surface area contributed by atoms with Crippen molar-refractivity contribution in [1.82, 2.24) is 0 Å². The van der Waals surface area contributed by atoms with E-state index in [4.69, 9.17) is 17.3 Å². The minimum absolute atomic E-state index is 0.0251. The summed E-state index contributed by atoms with van der Waals surface area (Å²) in [5.41, 5.74) is 7.63. The molecule has 0 radical (unpaired) electrons. The van der Waals surface area contributed by atoms with Crippen molar-refractivity contribution in [2.75, 3.05) is 0 Å². The third-order valence-electron chi connectivity index (χ3n) is 3.03. The highest BCUT2D eigenvalue weighted by atomic mass is 35.5. The first-order chi connectivity index (χ1) is 7.00. The number of halogens is 2. The fourth-order valence-corrected chi connectivity index (χ4v) is 2.07. The van der Waals surface area contributed by atoms with Crippen LogP contribution < -0.4 is 5.73 Å². The van der Waals surface area contributed by atoms with Gasteiger partial charge in [0, 0.05) is 5.54 Å². The number of nitrogens with two attached hydrogens (primary N) is 1. The summed E-state index contributed by atoms with van der Waals surface area (Å²) in [5.74, 6) is -0.286. The van der Waals surface area contributed by atoms with Gasteiger partial charge in [0.1, 0.15) is 5.82 Å². The van der Waals surface area contributed by atoms with Gasteiger partial charge in [0.15, 0.2) is 0 Å². The van der Waals surface area contributed by atoms with E-state index < -0.39 is 0 Å². The van der Waals surface area contributed by atoms with Gasteiger partial charge in [-0.05, 0) is 49.8 Å². The lowest BCUT2D eigenvalue weighted by Crippen LogP contribution is -2.22. The third kappa shape index (κ3) is 2.50. The normalized spacial score (nSPS) is 17.9. The van der Waals surface area contributed by atoms with Crippen molar-refractivity contribution in [3.05, 3.63) is 34.1 Å². The van der Waals surface area contributed by atoms with Crippen LogP contribution in [-0.2, 0) is 6.42 Å². The lowest BCUT2D eigenvalue weighted by atomic mass is 10.0. The molecular weight excluding hydrogens is 213 g/mol. The Balaban J connectivity index is 2.13. The van der Waals surface area contributed by atoms with Crippen molar-refractivity contribution in [2.24, 2.45) is 5.73 Å². The first kappa shape index (κ1) is 10.9. The topological polar surface area (TPSA) is 26.0 Å². The number of hydrogen-bond acceptors (Lipinski definition) is 1. The molecule has 0 saturated heterocycles. The molecule has 0 heterocycles. The molecule has 1 fully saturated rings. The molecule has 0 atom stereocenters. The van der Waals surface area contributed by atoms with Gasteiger partial charge in [0.2, 0.25) is 0 Å². The average Bonchev–Trinajstić information content (AvgIpc) is 2.88. The maximum Gasteiger partial charge on any atom is 0.144 e. The molecule has 3 heteroatoms. The molecule has 1 aliphatic rings. The molecule has 0 amide bonds. The van der Waals surface area contributed by atoms with E-state index in [9.17, 15) is 4.39 Å². The second-order valence-electron chi connectivity index (χ2n) is 4.58. The first-order valence-electron chi connectivity index (χ1n) is 5.24. The monoisotopic (exact) mass is 227 g/mol. The molecule has 82 valence electrons. The molecule has 0 spiro atoms. The highest BCUT2D eigenvalue weighted by molar-refractivity contribution is 6.30. The molecule has 1 nitrogen and oxygen atoms in total. The Morgan fingerprint density at radius 3 is 2.73 bits per heavy atom. The van der Waals surface area contributed by atoms with Gasteiger partial charge in [0.05, 0.1) is 5.02 Å². The Morgan fingerprint density at radius 2 is 2.13 bits per heavy atom. The van der Waals surface area contributed by atoms with Gasteiger partial charge in [-0.3, -0.25) is 0 Å². The number of hydrogen-bond donors (Lipinski definition) is 1. The van der Waals surface area contributed by atoms with Gasteiger partial charge < -0.3 is 5.73 Å². The van der Waals surface area contributed by atoms with Gasteiger partial charge >= 0.3 is 0 Å². The molecule has 1 aromatic rings. The molecular formula is C12H15ClFN. The fraction of sp³-hybridized carbons (Fsp3) is 0.500. The highest BCUT2D eigenvalue weighted by Gasteiger charge is 2.37. The van der Waals surface area contributed by atoms with E-state index >= 15 is 0 Å². The molecule has 1 aliphatic carbocycles. The lowest BCUT2D eigenvalue weighted by Gasteiger charge is -2.10. The number of aryl methyl sites for hydroxylation is 2. The summed E-state index contributed by atoms with van der Waals surface area (Å²) in [5, 5.41) is 0.215. The van der Waals surface area contributed by atoms with Gasteiger partial charge in [-0.2, -0.15) is 0 Å². The van der Waals surface area contributed by atoms with Gasteiger partial charge in [-0.1, -0.05) is 17.7 Å². The number of rotatable bonds is 3. The van der Waals surface area contributed by atoms with Gasteiger partial charge in [-0.25, -0.2) is 4.39 Å². The first-order valence-corrected chi connectivity index (χ1v) is 5.61. The largest absolute Gasteiger partial charge is 0.325 e. The van der Waals surface area contributed by atoms with Crippen LogP contribution in [-0.4, -0.2) is 5.54 Å². The van der Waals surface area contributed by atoms with Crippen LogP contribution in [0.15, 0.2) is 12.1 Å². The van der Waals surface area contributed by atoms with E-state index in [0.29, 0.717) is 12.0 Å². The molecule has 0 aromatic heterocycles. The molecule has 0 aliphatic heterocycles. The Bertz CT molecular complexity index is 385. The molecule has 2 N–H and O–H groups in total. The van der Waals surface area contributed by atoms with E-state index in [-0.39, 0.29) is 16.4 Å². The van der Waals surface area contributed by atoms with Crippen molar-refractivity contribution < 1.29 is 4.39 Å². The molecule has 15 heavy (non-hydrogen) atoms. The number of benzene rings is 1. The van der Waals surface area contributed by atoms with E-state index in [2.05, 4.69) is 0 Å². The van der Waals surface area contributed by atoms with Crippen LogP contribution in [0.1, 0.15) is 30.4 Å². The van der Waals surface area contributed by atoms with Crippen LogP contribution in [0.2, 0.25) is 5.02 Å². The minimum atomic E-state index is -0.286. The quantitative estimate of drug-likeness (QED) is 0.843. The van der Waals surface area contributed by atoms with Gasteiger partial charge in [0.25, 0.3) is 0 Å². The summed E-state index contributed by atoms with van der Waals surface area (Å²) in [6.45, 7) is 1.92. The molecule has 2 rings (SSSR count). The van der Waals surface area contributed by atoms with Crippen LogP contribution in [0.3, 0.4) is 0 Å². The zero-order valence-corrected chi connectivity index (χ0v) is 9.57. The van der Waals surface area contributed by atoms with Gasteiger partial charge in [-0.15, -0.1) is 0 Å². The van der Waals surface area contributed by atoms with Crippen molar-refractivity contribution in [3.8, 4) is 0 Å². The van der Waals surface area contributed by atoms with E-state index in [0.717, 1.165) is 24.8 Å². The smallest absolute Gasteiger partial charge is 0.144 e.